The Morgan fingerprint density at radius 1 is 0.452 bits per heavy atom. The number of rotatable bonds is 1. The normalized spacial score (nSPS) is 6.19. The van der Waals surface area contributed by atoms with E-state index in [2.05, 4.69) is 0 Å². The van der Waals surface area contributed by atoms with Crippen LogP contribution in [0.5, 0.6) is 0 Å². The zero-order chi connectivity index (χ0) is 25.9. The van der Waals surface area contributed by atoms with Gasteiger partial charge in [0, 0.05) is 29.0 Å². The maximum Gasteiger partial charge on any atom is 4.00 e. The Labute approximate surface area is 227 Å². The molecule has 1 radical (unpaired) electrons. The Hall–Kier alpha value is 1.25. The summed E-state index contributed by atoms with van der Waals surface area (Å²) in [4.78, 5) is 0. The molecular weight excluding hydrogens is 656 g/mol. The summed E-state index contributed by atoms with van der Waals surface area (Å²) < 4.78 is 0. The van der Waals surface area contributed by atoms with Crippen LogP contribution in [0.4, 0.5) is 0 Å². The fourth-order valence-corrected chi connectivity index (χ4v) is 0. The van der Waals surface area contributed by atoms with Gasteiger partial charge in [0.25, 0.3) is 0 Å². The summed E-state index contributed by atoms with van der Waals surface area (Å²) in [5.74, 6) is 0.440. The maximum atomic E-state index is 8.93. The van der Waals surface area contributed by atoms with Crippen LogP contribution in [-0.4, -0.2) is 64.6 Å². The van der Waals surface area contributed by atoms with Crippen molar-refractivity contribution >= 4 is 0 Å². The standard InChI is InChI=1S/C4H10O.8C2H5O.Hf.Nb/c1-4(2)3-5;8*1-2-3;;/h4-5H,3H2,1-2H3;8*2H2,1H3;;/q;8*-1;+4;. The summed E-state index contributed by atoms with van der Waals surface area (Å²) in [6.07, 6.45) is 0. The van der Waals surface area contributed by atoms with Gasteiger partial charge in [-0.1, -0.05) is 69.2 Å². The Morgan fingerprint density at radius 3 is 0.484 bits per heavy atom. The monoisotopic (exact) mass is 707 g/mol. The third-order valence-corrected chi connectivity index (χ3v) is 0.365. The molecule has 0 aliphatic heterocycles. The van der Waals surface area contributed by atoms with Crippen molar-refractivity contribution in [2.45, 2.75) is 69.2 Å². The first-order valence-corrected chi connectivity index (χ1v) is 9.85. The largest absolute Gasteiger partial charge is 4.00 e. The van der Waals surface area contributed by atoms with Crippen molar-refractivity contribution in [1.82, 2.24) is 0 Å². The van der Waals surface area contributed by atoms with E-state index in [9.17, 15) is 0 Å². The van der Waals surface area contributed by atoms with E-state index in [-0.39, 0.29) is 101 Å². The molecule has 0 rings (SSSR count). The number of hydrogen-bond acceptors (Lipinski definition) is 9. The third-order valence-electron chi connectivity index (χ3n) is 0.365. The van der Waals surface area contributed by atoms with E-state index in [1.54, 1.807) is 55.4 Å². The Bertz CT molecular complexity index is 98.7. The van der Waals surface area contributed by atoms with Crippen LogP contribution in [0.25, 0.3) is 0 Å². The molecule has 0 aliphatic carbocycles. The second-order valence-corrected chi connectivity index (χ2v) is 3.89. The molecule has 0 unspecified atom stereocenters. The summed E-state index contributed by atoms with van der Waals surface area (Å²) in [7, 11) is 0. The van der Waals surface area contributed by atoms with E-state index in [0.717, 1.165) is 0 Å². The van der Waals surface area contributed by atoms with Gasteiger partial charge in [-0.05, 0) is 5.92 Å². The van der Waals surface area contributed by atoms with E-state index >= 15 is 0 Å². The fraction of sp³-hybridized carbons (Fsp3) is 1.00. The van der Waals surface area contributed by atoms with Crippen LogP contribution in [0, 0.1) is 5.92 Å². The molecule has 0 fully saturated rings. The van der Waals surface area contributed by atoms with Gasteiger partial charge in [0.05, 0.1) is 0 Å². The second-order valence-electron chi connectivity index (χ2n) is 3.89. The summed E-state index contributed by atoms with van der Waals surface area (Å²) in [6.45, 7) is 16.8. The van der Waals surface area contributed by atoms with Crippen LogP contribution in [0.1, 0.15) is 69.2 Å². The summed E-state index contributed by atoms with van der Waals surface area (Å²) in [5, 5.41) is 79.6. The predicted octanol–water partition coefficient (Wildman–Crippen LogP) is -4.44. The second kappa shape index (κ2) is 163. The average Bonchev–Trinajstić information content (AvgIpc) is 2.60. The molecule has 0 saturated carbocycles. The van der Waals surface area contributed by atoms with Gasteiger partial charge in [-0.2, -0.15) is 0 Å². The SMILES string of the molecule is CC(C)CO.CC[O-].CC[O-].CC[O-].CC[O-].CC[O-].CC[O-].CC[O-].CC[O-].[Hf+4].[Nb]. The van der Waals surface area contributed by atoms with Crippen molar-refractivity contribution in [3.8, 4) is 0 Å². The topological polar surface area (TPSA) is 205 Å². The van der Waals surface area contributed by atoms with Crippen molar-refractivity contribution in [3.63, 3.8) is 0 Å². The minimum atomic E-state index is 0. The summed E-state index contributed by atoms with van der Waals surface area (Å²) in [6, 6.07) is 0. The van der Waals surface area contributed by atoms with Gasteiger partial charge in [0.2, 0.25) is 0 Å². The van der Waals surface area contributed by atoms with E-state index in [0.29, 0.717) is 12.5 Å². The molecule has 0 aliphatic rings. The van der Waals surface area contributed by atoms with Gasteiger partial charge in [-0.3, -0.25) is 0 Å². The zero-order valence-corrected chi connectivity index (χ0v) is 27.4. The van der Waals surface area contributed by atoms with Crippen molar-refractivity contribution in [1.29, 1.82) is 0 Å². The predicted molar refractivity (Wildman–Crippen MR) is 106 cm³/mol. The first-order valence-electron chi connectivity index (χ1n) is 9.85. The molecule has 0 aromatic carbocycles. The van der Waals surface area contributed by atoms with E-state index in [4.69, 9.17) is 46.0 Å². The molecule has 0 aromatic heterocycles. The van der Waals surface area contributed by atoms with Gasteiger partial charge in [-0.15, -0.1) is 52.9 Å². The third kappa shape index (κ3) is 2530. The molecule has 0 bridgehead atoms. The maximum absolute atomic E-state index is 8.93. The van der Waals surface area contributed by atoms with E-state index in [1.165, 1.54) is 0 Å². The molecule has 0 atom stereocenters. The Balaban J connectivity index is -0.0000000161. The first-order chi connectivity index (χ1) is 13.6. The molecule has 0 amide bonds. The molecule has 0 spiro atoms. The van der Waals surface area contributed by atoms with Crippen LogP contribution in [0.2, 0.25) is 0 Å². The molecule has 9 nitrogen and oxygen atoms in total. The van der Waals surface area contributed by atoms with Gasteiger partial charge < -0.3 is 46.0 Å². The van der Waals surface area contributed by atoms with Gasteiger partial charge in [0.15, 0.2) is 0 Å². The molecule has 31 heavy (non-hydrogen) atoms. The summed E-state index contributed by atoms with van der Waals surface area (Å²) >= 11 is 0. The molecule has 11 heteroatoms. The van der Waals surface area contributed by atoms with Crippen molar-refractivity contribution < 1.29 is 94.2 Å². The minimum Gasteiger partial charge on any atom is -0.855 e. The Morgan fingerprint density at radius 2 is 0.484 bits per heavy atom. The van der Waals surface area contributed by atoms with Gasteiger partial charge in [0.1, 0.15) is 0 Å². The van der Waals surface area contributed by atoms with E-state index < -0.39 is 0 Å². The molecule has 0 aromatic rings. The van der Waals surface area contributed by atoms with Crippen molar-refractivity contribution in [2.24, 2.45) is 5.92 Å². The van der Waals surface area contributed by atoms with Crippen LogP contribution in [0.15, 0.2) is 0 Å². The number of aliphatic hydroxyl groups excluding tert-OH is 1. The Kier molecular flexibility index (Phi) is 366. The minimum absolute atomic E-state index is 0. The van der Waals surface area contributed by atoms with Gasteiger partial charge in [-0.25, -0.2) is 0 Å². The van der Waals surface area contributed by atoms with Crippen LogP contribution in [0.3, 0.4) is 0 Å². The number of aliphatic hydroxyl groups is 1. The van der Waals surface area contributed by atoms with Crippen LogP contribution >= 0.6 is 0 Å². The van der Waals surface area contributed by atoms with Gasteiger partial charge >= 0.3 is 25.8 Å². The first kappa shape index (κ1) is 69.7. The quantitative estimate of drug-likeness (QED) is 0.261. The van der Waals surface area contributed by atoms with Crippen molar-refractivity contribution in [3.05, 3.63) is 0 Å². The van der Waals surface area contributed by atoms with Crippen molar-refractivity contribution in [2.75, 3.05) is 59.5 Å². The van der Waals surface area contributed by atoms with E-state index in [1.807, 2.05) is 13.8 Å². The molecule has 0 saturated heterocycles. The average molecular weight is 706 g/mol. The smallest absolute Gasteiger partial charge is 0.855 e. The van der Waals surface area contributed by atoms with Crippen LogP contribution < -0.4 is 40.9 Å². The number of hydrogen-bond donors (Lipinski definition) is 1. The molecule has 0 heterocycles. The molecule has 197 valence electrons. The fourth-order valence-electron chi connectivity index (χ4n) is 0. The summed E-state index contributed by atoms with van der Waals surface area (Å²) in [5.41, 5.74) is 0. The molecular formula is C20H50HfNbO9-4. The zero-order valence-electron chi connectivity index (χ0n) is 21.6. The van der Waals surface area contributed by atoms with Crippen LogP contribution in [-0.2, 0) is 48.2 Å². The molecule has 1 N–H and O–H groups in total.